The van der Waals surface area contributed by atoms with Gasteiger partial charge >= 0.3 is 6.09 Å². The van der Waals surface area contributed by atoms with Crippen LogP contribution < -0.4 is 20.7 Å². The molecule has 370 valence electrons. The molecular weight excluding hydrogens is 871 g/mol. The number of methoxy groups -OCH3 is 2. The largest absolute Gasteiger partial charge is 0.412 e. The first-order chi connectivity index (χ1) is 31.9. The van der Waals surface area contributed by atoms with Gasteiger partial charge in [-0.15, -0.1) is 11.3 Å². The van der Waals surface area contributed by atoms with E-state index in [0.29, 0.717) is 38.1 Å². The van der Waals surface area contributed by atoms with Crippen LogP contribution in [0.25, 0.3) is 0 Å². The first-order valence-corrected chi connectivity index (χ1v) is 24.7. The second-order valence-electron chi connectivity index (χ2n) is 18.6. The second kappa shape index (κ2) is 26.6. The summed E-state index contributed by atoms with van der Waals surface area (Å²) in [5, 5.41) is 11.5. The van der Waals surface area contributed by atoms with Gasteiger partial charge in [0.25, 0.3) is 0 Å². The van der Waals surface area contributed by atoms with Gasteiger partial charge in [-0.1, -0.05) is 97.4 Å². The van der Waals surface area contributed by atoms with Crippen molar-refractivity contribution in [2.45, 2.75) is 129 Å². The number of carbonyl (C=O) groups excluding carboxylic acids is 5. The molecule has 3 N–H and O–H groups in total. The average Bonchev–Trinajstić information content (AvgIpc) is 4.04. The van der Waals surface area contributed by atoms with E-state index in [1.807, 2.05) is 106 Å². The van der Waals surface area contributed by atoms with Crippen molar-refractivity contribution in [3.63, 3.8) is 0 Å². The molecule has 1 fully saturated rings. The summed E-state index contributed by atoms with van der Waals surface area (Å²) in [5.41, 5.74) is 2.10. The molecule has 16 heteroatoms. The van der Waals surface area contributed by atoms with Crippen LogP contribution in [0.1, 0.15) is 96.3 Å². The number of carbonyl (C=O) groups is 5. The molecule has 1 aromatic heterocycles. The molecule has 5 amide bonds. The highest BCUT2D eigenvalue weighted by Gasteiger charge is 2.43. The molecule has 1 aliphatic heterocycles. The molecular formula is C51H77N7O8S. The van der Waals surface area contributed by atoms with Crippen molar-refractivity contribution in [2.24, 2.45) is 23.7 Å². The Bertz CT molecular complexity index is 2000. The number of likely N-dealkylation sites (N-methyl/N-ethyl adjacent to an activating group) is 2. The number of amides is 5. The zero-order chi connectivity index (χ0) is 49.4. The van der Waals surface area contributed by atoms with Gasteiger partial charge in [-0.2, -0.15) is 0 Å². The van der Waals surface area contributed by atoms with Gasteiger partial charge in [0, 0.05) is 53.0 Å². The van der Waals surface area contributed by atoms with Gasteiger partial charge in [0.1, 0.15) is 16.8 Å². The molecule has 4 rings (SSSR count). The highest BCUT2D eigenvalue weighted by atomic mass is 32.1. The summed E-state index contributed by atoms with van der Waals surface area (Å²) in [6.07, 6.45) is 3.39. The molecule has 2 heterocycles. The molecule has 2 aromatic carbocycles. The third-order valence-corrected chi connectivity index (χ3v) is 14.2. The monoisotopic (exact) mass is 948 g/mol. The van der Waals surface area contributed by atoms with Crippen molar-refractivity contribution in [3.05, 3.63) is 82.3 Å². The first kappa shape index (κ1) is 54.7. The predicted molar refractivity (Wildman–Crippen MR) is 263 cm³/mol. The van der Waals surface area contributed by atoms with Crippen LogP contribution in [0.2, 0.25) is 0 Å². The van der Waals surface area contributed by atoms with Crippen molar-refractivity contribution in [3.8, 4) is 5.75 Å². The number of hydrogen-bond donors (Lipinski definition) is 3. The number of benzene rings is 2. The molecule has 0 bridgehead atoms. The Kier molecular flexibility index (Phi) is 21.7. The van der Waals surface area contributed by atoms with Gasteiger partial charge in [-0.25, -0.2) is 9.78 Å². The normalized spacial score (nSPS) is 17.5. The van der Waals surface area contributed by atoms with Gasteiger partial charge in [-0.3, -0.25) is 24.1 Å². The zero-order valence-corrected chi connectivity index (χ0v) is 42.6. The van der Waals surface area contributed by atoms with Crippen LogP contribution in [-0.4, -0.2) is 134 Å². The van der Waals surface area contributed by atoms with E-state index in [1.165, 1.54) is 18.4 Å². The van der Waals surface area contributed by atoms with Gasteiger partial charge < -0.3 is 40.0 Å². The van der Waals surface area contributed by atoms with Crippen molar-refractivity contribution >= 4 is 41.1 Å². The first-order valence-electron chi connectivity index (χ1n) is 23.8. The van der Waals surface area contributed by atoms with E-state index in [-0.39, 0.29) is 59.9 Å². The molecule has 15 nitrogen and oxygen atoms in total. The van der Waals surface area contributed by atoms with Crippen LogP contribution in [0.4, 0.5) is 4.79 Å². The number of ether oxygens (including phenoxy) is 3. The predicted octanol–water partition coefficient (Wildman–Crippen LogP) is 6.52. The fourth-order valence-electron chi connectivity index (χ4n) is 9.38. The minimum atomic E-state index is -0.833. The fourth-order valence-corrected chi connectivity index (χ4v) is 10.1. The SMILES string of the molecule is CC[C@H](C)[C@@H]([C@@H](CC(=O)N1CCC[C@H]1[C@H](OC)[C@@H](C)C(=O)N[C@@H](Cc1ccccc1)c1nccs1)OC)N(C)C(=O)[C@@H](NC(=O)[C@H](C(C)C)N(C)CCc1ccc(OC(=O)NC)cc1)C(C)C. The minimum Gasteiger partial charge on any atom is -0.410 e. The second-order valence-corrected chi connectivity index (χ2v) is 19.6. The lowest BCUT2D eigenvalue weighted by molar-refractivity contribution is -0.148. The Labute approximate surface area is 403 Å². The molecule has 0 radical (unpaired) electrons. The molecule has 3 aromatic rings. The number of aromatic nitrogens is 1. The number of thiazole rings is 1. The minimum absolute atomic E-state index is 0.0164. The van der Waals surface area contributed by atoms with Gasteiger partial charge in [0.15, 0.2) is 0 Å². The Morgan fingerprint density at radius 1 is 0.881 bits per heavy atom. The van der Waals surface area contributed by atoms with Crippen LogP contribution in [-0.2, 0) is 41.5 Å². The van der Waals surface area contributed by atoms with E-state index in [2.05, 4.69) is 27.9 Å². The molecule has 0 unspecified atom stereocenters. The van der Waals surface area contributed by atoms with Crippen LogP contribution in [0.5, 0.6) is 5.75 Å². The van der Waals surface area contributed by atoms with Crippen molar-refractivity contribution in [1.29, 1.82) is 0 Å². The standard InChI is InChI=1S/C51H77N7O8S/c1-13-34(6)45(57(10)50(62)43(32(2)3)55-48(61)44(33(4)5)56(9)28-25-36-21-23-38(24-22-36)66-51(63)52-8)41(64-11)31-42(59)58-27-17-20-40(58)46(65-12)35(7)47(60)54-39(49-53-26-29-67-49)30-37-18-15-14-16-19-37/h14-16,18-19,21-24,26,29,32-35,39-41,43-46H,13,17,20,25,27-28,30-31H2,1-12H3,(H,52,63)(H,54,60)(H,55,61)/t34-,35+,39-,40-,41+,43-,44-,45-,46+/m0/s1. The number of rotatable bonds is 25. The van der Waals surface area contributed by atoms with Crippen molar-refractivity contribution in [2.75, 3.05) is 48.5 Å². The lowest BCUT2D eigenvalue weighted by Crippen LogP contribution is -2.60. The van der Waals surface area contributed by atoms with E-state index in [4.69, 9.17) is 14.2 Å². The highest BCUT2D eigenvalue weighted by molar-refractivity contribution is 7.09. The van der Waals surface area contributed by atoms with Gasteiger partial charge in [0.2, 0.25) is 23.6 Å². The summed E-state index contributed by atoms with van der Waals surface area (Å²) in [7, 11) is 8.32. The summed E-state index contributed by atoms with van der Waals surface area (Å²) in [4.78, 5) is 79.0. The Morgan fingerprint density at radius 2 is 1.57 bits per heavy atom. The Balaban J connectivity index is 1.45. The summed E-state index contributed by atoms with van der Waals surface area (Å²) in [6, 6.07) is 14.8. The third kappa shape index (κ3) is 15.0. The molecule has 0 aliphatic carbocycles. The van der Waals surface area contributed by atoms with Crippen LogP contribution in [0.15, 0.2) is 66.2 Å². The van der Waals surface area contributed by atoms with Gasteiger partial charge in [-0.05, 0) is 73.7 Å². The third-order valence-electron chi connectivity index (χ3n) is 13.3. The smallest absolute Gasteiger partial charge is 0.410 e. The zero-order valence-electron chi connectivity index (χ0n) is 41.8. The molecule has 0 saturated carbocycles. The summed E-state index contributed by atoms with van der Waals surface area (Å²) >= 11 is 1.50. The molecule has 67 heavy (non-hydrogen) atoms. The highest BCUT2D eigenvalue weighted by Crippen LogP contribution is 2.31. The number of likely N-dealkylation sites (tertiary alicyclic amines) is 1. The van der Waals surface area contributed by atoms with E-state index in [0.717, 1.165) is 29.0 Å². The summed E-state index contributed by atoms with van der Waals surface area (Å²) in [5.74, 6) is -1.30. The maximum atomic E-state index is 14.7. The lowest BCUT2D eigenvalue weighted by atomic mass is 9.89. The average molecular weight is 948 g/mol. The molecule has 1 saturated heterocycles. The van der Waals surface area contributed by atoms with Crippen LogP contribution in [0.3, 0.4) is 0 Å². The Morgan fingerprint density at radius 3 is 2.13 bits per heavy atom. The van der Waals surface area contributed by atoms with Crippen molar-refractivity contribution in [1.82, 2.24) is 35.6 Å². The molecule has 9 atom stereocenters. The van der Waals surface area contributed by atoms with E-state index < -0.39 is 42.3 Å². The van der Waals surface area contributed by atoms with E-state index in [1.54, 1.807) is 44.5 Å². The quantitative estimate of drug-likeness (QED) is 0.0850. The fraction of sp³-hybridized carbons (Fsp3) is 0.608. The number of hydrogen-bond acceptors (Lipinski definition) is 11. The summed E-state index contributed by atoms with van der Waals surface area (Å²) < 4.78 is 17.4. The van der Waals surface area contributed by atoms with E-state index in [9.17, 15) is 24.0 Å². The maximum Gasteiger partial charge on any atom is 0.412 e. The number of nitrogens with zero attached hydrogens (tertiary/aromatic N) is 4. The lowest BCUT2D eigenvalue weighted by Gasteiger charge is -2.41. The maximum absolute atomic E-state index is 14.7. The van der Waals surface area contributed by atoms with Gasteiger partial charge in [0.05, 0.1) is 48.7 Å². The molecule has 1 aliphatic rings. The molecule has 0 spiro atoms. The van der Waals surface area contributed by atoms with Crippen LogP contribution in [0, 0.1) is 23.7 Å². The Hall–Kier alpha value is -4.90. The topological polar surface area (TPSA) is 172 Å². The summed E-state index contributed by atoms with van der Waals surface area (Å²) in [6.45, 7) is 14.9. The van der Waals surface area contributed by atoms with E-state index >= 15 is 0 Å². The van der Waals surface area contributed by atoms with Crippen LogP contribution >= 0.6 is 11.3 Å². The van der Waals surface area contributed by atoms with Crippen molar-refractivity contribution < 1.29 is 38.2 Å². The number of nitrogens with one attached hydrogen (secondary N) is 3.